The Labute approximate surface area is 106 Å². The summed E-state index contributed by atoms with van der Waals surface area (Å²) in [7, 11) is 0. The van der Waals surface area contributed by atoms with Crippen LogP contribution in [0.3, 0.4) is 0 Å². The first-order valence-corrected chi connectivity index (χ1v) is 6.13. The molecule has 1 aromatic heterocycles. The van der Waals surface area contributed by atoms with Crippen LogP contribution in [-0.2, 0) is 6.42 Å². The highest BCUT2D eigenvalue weighted by Crippen LogP contribution is 2.29. The zero-order chi connectivity index (χ0) is 12.4. The van der Waals surface area contributed by atoms with Gasteiger partial charge in [0.1, 0.15) is 11.6 Å². The summed E-state index contributed by atoms with van der Waals surface area (Å²) in [6.07, 6.45) is -0.843. The Kier molecular flexibility index (Phi) is 3.76. The van der Waals surface area contributed by atoms with Crippen molar-refractivity contribution < 1.29 is 13.9 Å². The lowest BCUT2D eigenvalue weighted by Crippen LogP contribution is -2.02. The first-order valence-electron chi connectivity index (χ1n) is 4.93. The van der Waals surface area contributed by atoms with E-state index in [1.54, 1.807) is 12.1 Å². The summed E-state index contributed by atoms with van der Waals surface area (Å²) in [6, 6.07) is 6.53. The summed E-state index contributed by atoms with van der Waals surface area (Å²) >= 11 is 6.96. The van der Waals surface area contributed by atoms with Gasteiger partial charge in [0.05, 0.1) is 10.4 Å². The Morgan fingerprint density at radius 3 is 2.65 bits per heavy atom. The topological polar surface area (TPSA) is 20.2 Å². The highest BCUT2D eigenvalue weighted by molar-refractivity contribution is 7.16. The van der Waals surface area contributed by atoms with E-state index in [0.29, 0.717) is 9.21 Å². The fourth-order valence-electron chi connectivity index (χ4n) is 1.52. The Bertz CT molecular complexity index is 527. The fourth-order valence-corrected chi connectivity index (χ4v) is 2.56. The van der Waals surface area contributed by atoms with E-state index in [1.165, 1.54) is 11.3 Å². The maximum Gasteiger partial charge on any atom is 0.126 e. The van der Waals surface area contributed by atoms with Crippen LogP contribution in [0.2, 0.25) is 4.34 Å². The lowest BCUT2D eigenvalue weighted by molar-refractivity contribution is 0.181. The van der Waals surface area contributed by atoms with Gasteiger partial charge in [-0.1, -0.05) is 11.6 Å². The van der Waals surface area contributed by atoms with E-state index in [9.17, 15) is 13.9 Å². The molecule has 0 spiro atoms. The molecule has 0 fully saturated rings. The second-order valence-electron chi connectivity index (χ2n) is 3.60. The monoisotopic (exact) mass is 274 g/mol. The molecular weight excluding hydrogens is 266 g/mol. The Balaban J connectivity index is 2.18. The standard InChI is InChI=1S/C12H9ClF2OS/c13-12-4-3-11(17-12)10(16)6-7-5-8(14)1-2-9(7)15/h1-5,10,16H,6H2. The predicted molar refractivity (Wildman–Crippen MR) is 64.4 cm³/mol. The highest BCUT2D eigenvalue weighted by Gasteiger charge is 2.14. The molecule has 1 aromatic carbocycles. The summed E-state index contributed by atoms with van der Waals surface area (Å²) in [5.41, 5.74) is 0.155. The van der Waals surface area contributed by atoms with Crippen molar-refractivity contribution in [3.63, 3.8) is 0 Å². The molecule has 0 radical (unpaired) electrons. The van der Waals surface area contributed by atoms with Crippen LogP contribution in [0.15, 0.2) is 30.3 Å². The molecule has 0 saturated carbocycles. The van der Waals surface area contributed by atoms with E-state index < -0.39 is 17.7 Å². The average Bonchev–Trinajstić information content (AvgIpc) is 2.70. The number of halogens is 3. The normalized spacial score (nSPS) is 12.7. The number of benzene rings is 1. The van der Waals surface area contributed by atoms with Gasteiger partial charge in [-0.3, -0.25) is 0 Å². The first-order chi connectivity index (χ1) is 8.06. The molecule has 5 heteroatoms. The van der Waals surface area contributed by atoms with Crippen LogP contribution in [0, 0.1) is 11.6 Å². The average molecular weight is 275 g/mol. The molecule has 90 valence electrons. The summed E-state index contributed by atoms with van der Waals surface area (Å²) in [5, 5.41) is 9.87. The molecule has 0 aliphatic carbocycles. The van der Waals surface area contributed by atoms with Crippen molar-refractivity contribution in [3.8, 4) is 0 Å². The predicted octanol–water partition coefficient (Wildman–Crippen LogP) is 3.96. The molecule has 1 N–H and O–H groups in total. The minimum absolute atomic E-state index is 0.0282. The van der Waals surface area contributed by atoms with E-state index in [4.69, 9.17) is 11.6 Å². The Morgan fingerprint density at radius 2 is 2.00 bits per heavy atom. The number of aliphatic hydroxyl groups excluding tert-OH is 1. The Morgan fingerprint density at radius 1 is 1.24 bits per heavy atom. The first kappa shape index (κ1) is 12.5. The molecule has 2 rings (SSSR count). The van der Waals surface area contributed by atoms with Crippen LogP contribution in [0.5, 0.6) is 0 Å². The number of thiophene rings is 1. The van der Waals surface area contributed by atoms with Crippen LogP contribution in [0.25, 0.3) is 0 Å². The lowest BCUT2D eigenvalue weighted by atomic mass is 10.1. The summed E-state index contributed by atoms with van der Waals surface area (Å²) < 4.78 is 26.8. The van der Waals surface area contributed by atoms with Gasteiger partial charge in [0, 0.05) is 11.3 Å². The second-order valence-corrected chi connectivity index (χ2v) is 5.34. The van der Waals surface area contributed by atoms with Crippen molar-refractivity contribution in [3.05, 3.63) is 56.7 Å². The number of hydrogen-bond acceptors (Lipinski definition) is 2. The SMILES string of the molecule is OC(Cc1cc(F)ccc1F)c1ccc(Cl)s1. The second kappa shape index (κ2) is 5.12. The molecule has 0 aliphatic rings. The minimum Gasteiger partial charge on any atom is -0.387 e. The third-order valence-electron chi connectivity index (χ3n) is 2.34. The van der Waals surface area contributed by atoms with E-state index in [0.717, 1.165) is 18.2 Å². The molecule has 1 unspecified atom stereocenters. The van der Waals surface area contributed by atoms with Crippen LogP contribution in [-0.4, -0.2) is 5.11 Å². The zero-order valence-corrected chi connectivity index (χ0v) is 10.2. The van der Waals surface area contributed by atoms with Gasteiger partial charge in [-0.05, 0) is 35.9 Å². The maximum absolute atomic E-state index is 13.4. The molecule has 1 atom stereocenters. The van der Waals surface area contributed by atoms with Gasteiger partial charge in [0.25, 0.3) is 0 Å². The third-order valence-corrected chi connectivity index (χ3v) is 3.68. The fraction of sp³-hybridized carbons (Fsp3) is 0.167. The van der Waals surface area contributed by atoms with Crippen LogP contribution >= 0.6 is 22.9 Å². The van der Waals surface area contributed by atoms with E-state index >= 15 is 0 Å². The molecule has 1 nitrogen and oxygen atoms in total. The van der Waals surface area contributed by atoms with Crippen molar-refractivity contribution in [2.75, 3.05) is 0 Å². The van der Waals surface area contributed by atoms with E-state index in [2.05, 4.69) is 0 Å². The Hall–Kier alpha value is -0.970. The third kappa shape index (κ3) is 3.03. The van der Waals surface area contributed by atoms with Crippen LogP contribution < -0.4 is 0 Å². The molecular formula is C12H9ClF2OS. The largest absolute Gasteiger partial charge is 0.387 e. The molecule has 0 saturated heterocycles. The van der Waals surface area contributed by atoms with Crippen LogP contribution in [0.1, 0.15) is 16.5 Å². The minimum atomic E-state index is -0.871. The molecule has 0 amide bonds. The number of rotatable bonds is 3. The van der Waals surface area contributed by atoms with Gasteiger partial charge >= 0.3 is 0 Å². The van der Waals surface area contributed by atoms with Crippen molar-refractivity contribution in [2.45, 2.75) is 12.5 Å². The highest BCUT2D eigenvalue weighted by atomic mass is 35.5. The molecule has 0 bridgehead atoms. The van der Waals surface area contributed by atoms with Crippen molar-refractivity contribution >= 4 is 22.9 Å². The lowest BCUT2D eigenvalue weighted by Gasteiger charge is -2.09. The molecule has 2 aromatic rings. The van der Waals surface area contributed by atoms with Gasteiger partial charge in [0.15, 0.2) is 0 Å². The molecule has 0 aliphatic heterocycles. The molecule has 17 heavy (non-hydrogen) atoms. The summed E-state index contributed by atoms with van der Waals surface area (Å²) in [6.45, 7) is 0. The quantitative estimate of drug-likeness (QED) is 0.898. The van der Waals surface area contributed by atoms with Gasteiger partial charge in [-0.15, -0.1) is 11.3 Å². The maximum atomic E-state index is 13.4. The summed E-state index contributed by atoms with van der Waals surface area (Å²) in [4.78, 5) is 0.638. The number of aliphatic hydroxyl groups is 1. The zero-order valence-electron chi connectivity index (χ0n) is 8.66. The van der Waals surface area contributed by atoms with Crippen molar-refractivity contribution in [2.24, 2.45) is 0 Å². The van der Waals surface area contributed by atoms with Crippen LogP contribution in [0.4, 0.5) is 8.78 Å². The summed E-state index contributed by atoms with van der Waals surface area (Å²) in [5.74, 6) is -1.04. The van der Waals surface area contributed by atoms with Gasteiger partial charge in [-0.25, -0.2) is 8.78 Å². The van der Waals surface area contributed by atoms with E-state index in [-0.39, 0.29) is 12.0 Å². The van der Waals surface area contributed by atoms with Gasteiger partial charge in [-0.2, -0.15) is 0 Å². The smallest absolute Gasteiger partial charge is 0.126 e. The number of hydrogen-bond donors (Lipinski definition) is 1. The van der Waals surface area contributed by atoms with Gasteiger partial charge in [0.2, 0.25) is 0 Å². The van der Waals surface area contributed by atoms with Crippen molar-refractivity contribution in [1.82, 2.24) is 0 Å². The van der Waals surface area contributed by atoms with E-state index in [1.807, 2.05) is 0 Å². The molecule has 1 heterocycles. The van der Waals surface area contributed by atoms with Gasteiger partial charge < -0.3 is 5.11 Å². The van der Waals surface area contributed by atoms with Crippen molar-refractivity contribution in [1.29, 1.82) is 0 Å².